The Balaban J connectivity index is 1.57. The Morgan fingerprint density at radius 1 is 0.946 bits per heavy atom. The van der Waals surface area contributed by atoms with Crippen molar-refractivity contribution in [3.63, 3.8) is 0 Å². The summed E-state index contributed by atoms with van der Waals surface area (Å²) in [5.74, 6) is 2.20. The predicted octanol–water partition coefficient (Wildman–Crippen LogP) is 4.24. The van der Waals surface area contributed by atoms with E-state index in [4.69, 9.17) is 14.2 Å². The second kappa shape index (κ2) is 12.0. The first kappa shape index (κ1) is 26.4. The highest BCUT2D eigenvalue weighted by molar-refractivity contribution is 5.78. The first-order valence-electron chi connectivity index (χ1n) is 12.6. The Kier molecular flexibility index (Phi) is 8.56. The van der Waals surface area contributed by atoms with Crippen molar-refractivity contribution in [2.45, 2.75) is 25.4 Å². The zero-order chi connectivity index (χ0) is 26.4. The molecule has 37 heavy (non-hydrogen) atoms. The molecular weight excluding hydrogens is 466 g/mol. The fourth-order valence-electron chi connectivity index (χ4n) is 4.95. The standard InChI is InChI=1S/C30H37N3O4/c1-32(2)24-12-10-21(11-13-24)16-26-25-18-29(37-5)28(36-4)17-22(25)14-15-33(26)20-30(34)31-19-23-8-6-7-9-27(23)35-3/h6-13,17-18,26H,14-16,19-20H2,1-5H3,(H,31,34). The van der Waals surface area contributed by atoms with Crippen molar-refractivity contribution >= 4 is 11.6 Å². The van der Waals surface area contributed by atoms with Crippen molar-refractivity contribution in [3.05, 3.63) is 82.9 Å². The number of para-hydroxylation sites is 1. The highest BCUT2D eigenvalue weighted by atomic mass is 16.5. The lowest BCUT2D eigenvalue weighted by Crippen LogP contribution is -2.43. The van der Waals surface area contributed by atoms with Crippen molar-refractivity contribution in [1.29, 1.82) is 0 Å². The number of anilines is 1. The van der Waals surface area contributed by atoms with Crippen LogP contribution in [0.25, 0.3) is 0 Å². The summed E-state index contributed by atoms with van der Waals surface area (Å²) in [5, 5.41) is 3.08. The van der Waals surface area contributed by atoms with E-state index < -0.39 is 0 Å². The average Bonchev–Trinajstić information content (AvgIpc) is 2.92. The van der Waals surface area contributed by atoms with Crippen molar-refractivity contribution in [2.24, 2.45) is 0 Å². The number of ether oxygens (including phenoxy) is 3. The van der Waals surface area contributed by atoms with Gasteiger partial charge in [-0.1, -0.05) is 30.3 Å². The van der Waals surface area contributed by atoms with Crippen LogP contribution in [0.4, 0.5) is 5.69 Å². The molecule has 7 nitrogen and oxygen atoms in total. The van der Waals surface area contributed by atoms with Gasteiger partial charge in [-0.3, -0.25) is 9.69 Å². The van der Waals surface area contributed by atoms with Crippen molar-refractivity contribution in [1.82, 2.24) is 10.2 Å². The number of amides is 1. The zero-order valence-electron chi connectivity index (χ0n) is 22.4. The lowest BCUT2D eigenvalue weighted by molar-refractivity contribution is -0.123. The van der Waals surface area contributed by atoms with Gasteiger partial charge in [0.1, 0.15) is 5.75 Å². The highest BCUT2D eigenvalue weighted by Gasteiger charge is 2.30. The minimum absolute atomic E-state index is 0.0113. The molecule has 1 unspecified atom stereocenters. The number of hydrogen-bond acceptors (Lipinski definition) is 6. The minimum Gasteiger partial charge on any atom is -0.496 e. The van der Waals surface area contributed by atoms with Crippen LogP contribution in [0.1, 0.15) is 28.3 Å². The van der Waals surface area contributed by atoms with Crippen molar-refractivity contribution < 1.29 is 19.0 Å². The molecule has 0 radical (unpaired) electrons. The predicted molar refractivity (Wildman–Crippen MR) is 147 cm³/mol. The molecule has 1 atom stereocenters. The summed E-state index contributed by atoms with van der Waals surface area (Å²) in [6, 6.07) is 20.6. The zero-order valence-corrected chi connectivity index (χ0v) is 22.4. The van der Waals surface area contributed by atoms with Crippen LogP contribution in [0.15, 0.2) is 60.7 Å². The molecule has 3 aromatic carbocycles. The van der Waals surface area contributed by atoms with Crippen molar-refractivity contribution in [3.8, 4) is 17.2 Å². The van der Waals surface area contributed by atoms with Gasteiger partial charge in [0, 0.05) is 44.5 Å². The number of benzene rings is 3. The molecule has 0 bridgehead atoms. The van der Waals surface area contributed by atoms with E-state index in [1.165, 1.54) is 16.7 Å². The molecule has 0 saturated heterocycles. The van der Waals surface area contributed by atoms with E-state index in [9.17, 15) is 4.79 Å². The lowest BCUT2D eigenvalue weighted by atomic mass is 9.88. The van der Waals surface area contributed by atoms with Gasteiger partial charge >= 0.3 is 0 Å². The molecule has 1 aliphatic rings. The molecule has 0 fully saturated rings. The molecule has 1 N–H and O–H groups in total. The van der Waals surface area contributed by atoms with Gasteiger partial charge in [-0.25, -0.2) is 0 Å². The number of rotatable bonds is 10. The van der Waals surface area contributed by atoms with E-state index in [-0.39, 0.29) is 11.9 Å². The molecule has 1 aliphatic heterocycles. The van der Waals surface area contributed by atoms with Gasteiger partial charge in [0.05, 0.1) is 27.9 Å². The fourth-order valence-corrected chi connectivity index (χ4v) is 4.95. The van der Waals surface area contributed by atoms with Gasteiger partial charge in [0.15, 0.2) is 11.5 Å². The Morgan fingerprint density at radius 3 is 2.30 bits per heavy atom. The summed E-state index contributed by atoms with van der Waals surface area (Å²) in [7, 11) is 9.04. The topological polar surface area (TPSA) is 63.3 Å². The van der Waals surface area contributed by atoms with Crippen LogP contribution < -0.4 is 24.4 Å². The third-order valence-corrected chi connectivity index (χ3v) is 7.01. The molecule has 196 valence electrons. The summed E-state index contributed by atoms with van der Waals surface area (Å²) in [5.41, 5.74) is 5.75. The smallest absolute Gasteiger partial charge is 0.234 e. The molecule has 1 amide bonds. The van der Waals surface area contributed by atoms with E-state index in [1.807, 2.05) is 38.4 Å². The maximum absolute atomic E-state index is 13.1. The van der Waals surface area contributed by atoms with E-state index in [1.54, 1.807) is 21.3 Å². The lowest BCUT2D eigenvalue weighted by Gasteiger charge is -2.37. The fraction of sp³-hybridized carbons (Fsp3) is 0.367. The largest absolute Gasteiger partial charge is 0.496 e. The van der Waals surface area contributed by atoms with Gasteiger partial charge in [0.25, 0.3) is 0 Å². The molecule has 0 spiro atoms. The molecular formula is C30H37N3O4. The number of carbonyl (C=O) groups excluding carboxylic acids is 1. The molecule has 0 aromatic heterocycles. The first-order valence-corrected chi connectivity index (χ1v) is 12.6. The summed E-state index contributed by atoms with van der Waals surface area (Å²) in [6.45, 7) is 1.52. The van der Waals surface area contributed by atoms with E-state index >= 15 is 0 Å². The van der Waals surface area contributed by atoms with E-state index in [0.29, 0.717) is 18.8 Å². The quantitative estimate of drug-likeness (QED) is 0.447. The number of hydrogen-bond donors (Lipinski definition) is 1. The second-order valence-corrected chi connectivity index (χ2v) is 9.50. The van der Waals surface area contributed by atoms with Crippen molar-refractivity contribution in [2.75, 3.05) is 53.4 Å². The molecule has 4 rings (SSSR count). The molecule has 7 heteroatoms. The number of methoxy groups -OCH3 is 3. The molecule has 0 saturated carbocycles. The first-order chi connectivity index (χ1) is 17.9. The summed E-state index contributed by atoms with van der Waals surface area (Å²) >= 11 is 0. The summed E-state index contributed by atoms with van der Waals surface area (Å²) in [4.78, 5) is 17.5. The molecule has 3 aromatic rings. The van der Waals surface area contributed by atoms with Gasteiger partial charge in [0.2, 0.25) is 5.91 Å². The maximum atomic E-state index is 13.1. The SMILES string of the molecule is COc1ccccc1CNC(=O)CN1CCc2cc(OC)c(OC)cc2C1Cc1ccc(N(C)C)cc1. The maximum Gasteiger partial charge on any atom is 0.234 e. The van der Waals surface area contributed by atoms with Crippen LogP contribution >= 0.6 is 0 Å². The van der Waals surface area contributed by atoms with Gasteiger partial charge in [-0.15, -0.1) is 0 Å². The number of nitrogens with zero attached hydrogens (tertiary/aromatic N) is 2. The summed E-state index contributed by atoms with van der Waals surface area (Å²) < 4.78 is 16.6. The monoisotopic (exact) mass is 503 g/mol. The highest BCUT2D eigenvalue weighted by Crippen LogP contribution is 2.39. The van der Waals surface area contributed by atoms with Crippen LogP contribution in [0.2, 0.25) is 0 Å². The Labute approximate surface area is 219 Å². The Bertz CT molecular complexity index is 1210. The van der Waals surface area contributed by atoms with E-state index in [2.05, 4.69) is 51.5 Å². The van der Waals surface area contributed by atoms with Gasteiger partial charge in [-0.05, 0) is 59.9 Å². The average molecular weight is 504 g/mol. The Hall–Kier alpha value is -3.71. The van der Waals surface area contributed by atoms with Crippen LogP contribution in [-0.4, -0.2) is 59.3 Å². The summed E-state index contributed by atoms with van der Waals surface area (Å²) in [6.07, 6.45) is 1.63. The third-order valence-electron chi connectivity index (χ3n) is 7.01. The van der Waals surface area contributed by atoms with Crippen LogP contribution in [-0.2, 0) is 24.2 Å². The van der Waals surface area contributed by atoms with Gasteiger partial charge in [-0.2, -0.15) is 0 Å². The van der Waals surface area contributed by atoms with Crippen LogP contribution in [0.5, 0.6) is 17.2 Å². The number of fused-ring (bicyclic) bond motifs is 1. The normalized spacial score (nSPS) is 15.0. The second-order valence-electron chi connectivity index (χ2n) is 9.50. The molecule has 0 aliphatic carbocycles. The van der Waals surface area contributed by atoms with Crippen LogP contribution in [0.3, 0.4) is 0 Å². The van der Waals surface area contributed by atoms with Gasteiger partial charge < -0.3 is 24.4 Å². The minimum atomic E-state index is -0.0113. The van der Waals surface area contributed by atoms with Crippen LogP contribution in [0, 0.1) is 0 Å². The Morgan fingerprint density at radius 2 is 1.62 bits per heavy atom. The number of nitrogens with one attached hydrogen (secondary N) is 1. The van der Waals surface area contributed by atoms with E-state index in [0.717, 1.165) is 42.1 Å². The number of carbonyl (C=O) groups is 1. The third kappa shape index (κ3) is 6.17. The molecule has 1 heterocycles.